The minimum atomic E-state index is -0.115. The van der Waals surface area contributed by atoms with E-state index in [9.17, 15) is 4.79 Å². The quantitative estimate of drug-likeness (QED) is 0.598. The van der Waals surface area contributed by atoms with E-state index in [2.05, 4.69) is 17.2 Å². The van der Waals surface area contributed by atoms with Gasteiger partial charge in [0.25, 0.3) is 5.91 Å². The average Bonchev–Trinajstić information content (AvgIpc) is 1.99. The van der Waals surface area contributed by atoms with Crippen molar-refractivity contribution in [2.24, 2.45) is 16.1 Å². The van der Waals surface area contributed by atoms with Crippen molar-refractivity contribution in [1.82, 2.24) is 0 Å². The first-order chi connectivity index (χ1) is 5.25. The Labute approximate surface area is 66.2 Å². The van der Waals surface area contributed by atoms with Gasteiger partial charge in [-0.3, -0.25) is 4.79 Å². The average molecular weight is 152 g/mol. The number of hydrogen-bond donors (Lipinski definition) is 0. The fourth-order valence-electron chi connectivity index (χ4n) is 1.09. The molecule has 0 aromatic heterocycles. The molecule has 0 saturated carbocycles. The molecule has 1 unspecified atom stereocenters. The Hall–Kier alpha value is -0.990. The Morgan fingerprint density at radius 2 is 2.36 bits per heavy atom. The van der Waals surface area contributed by atoms with Crippen molar-refractivity contribution < 1.29 is 4.79 Å². The molecule has 1 heterocycles. The van der Waals surface area contributed by atoms with E-state index in [-0.39, 0.29) is 11.8 Å². The number of rotatable bonds is 2. The van der Waals surface area contributed by atoms with Crippen LogP contribution < -0.4 is 0 Å². The second-order valence-electron chi connectivity index (χ2n) is 2.73. The van der Waals surface area contributed by atoms with Gasteiger partial charge in [-0.1, -0.05) is 13.3 Å². The highest BCUT2D eigenvalue weighted by Crippen LogP contribution is 2.21. The number of carbonyl (C=O) groups is 1. The minimum absolute atomic E-state index is 0.0487. The summed E-state index contributed by atoms with van der Waals surface area (Å²) < 4.78 is 0. The third kappa shape index (κ3) is 1.73. The summed E-state index contributed by atoms with van der Waals surface area (Å²) >= 11 is 0. The molecular weight excluding hydrogens is 140 g/mol. The Kier molecular flexibility index (Phi) is 2.52. The minimum Gasteiger partial charge on any atom is -0.270 e. The summed E-state index contributed by atoms with van der Waals surface area (Å²) in [6.07, 6.45) is 3.71. The SMILES string of the molecule is CCCC1=CN=NC(=O)C1C. The Bertz CT molecular complexity index is 218. The molecule has 1 rings (SSSR count). The maximum atomic E-state index is 11.0. The van der Waals surface area contributed by atoms with E-state index < -0.39 is 0 Å². The van der Waals surface area contributed by atoms with Crippen molar-refractivity contribution >= 4 is 5.91 Å². The number of azo groups is 1. The fourth-order valence-corrected chi connectivity index (χ4v) is 1.09. The van der Waals surface area contributed by atoms with Gasteiger partial charge in [0.05, 0.1) is 5.92 Å². The van der Waals surface area contributed by atoms with Crippen molar-refractivity contribution in [1.29, 1.82) is 0 Å². The highest BCUT2D eigenvalue weighted by molar-refractivity contribution is 5.82. The second-order valence-corrected chi connectivity index (χ2v) is 2.73. The monoisotopic (exact) mass is 152 g/mol. The van der Waals surface area contributed by atoms with E-state index >= 15 is 0 Å². The van der Waals surface area contributed by atoms with Crippen LogP contribution in [-0.2, 0) is 4.79 Å². The van der Waals surface area contributed by atoms with Crippen LogP contribution in [0, 0.1) is 5.92 Å². The standard InChI is InChI=1S/C8H12N2O/c1-3-4-7-5-9-10-8(11)6(7)2/h5-6H,3-4H2,1-2H3. The first kappa shape index (κ1) is 8.11. The third-order valence-electron chi connectivity index (χ3n) is 1.85. The van der Waals surface area contributed by atoms with Gasteiger partial charge in [-0.05, 0) is 18.9 Å². The maximum Gasteiger partial charge on any atom is 0.271 e. The molecule has 0 spiro atoms. The predicted molar refractivity (Wildman–Crippen MR) is 42.0 cm³/mol. The number of nitrogens with zero attached hydrogens (tertiary/aromatic N) is 2. The molecular formula is C8H12N2O. The molecule has 3 heteroatoms. The molecule has 1 atom stereocenters. The van der Waals surface area contributed by atoms with Crippen molar-refractivity contribution in [3.05, 3.63) is 11.8 Å². The predicted octanol–water partition coefficient (Wildman–Crippen LogP) is 2.30. The molecule has 0 fully saturated rings. The zero-order chi connectivity index (χ0) is 8.27. The van der Waals surface area contributed by atoms with Crippen LogP contribution >= 0.6 is 0 Å². The molecule has 1 aliphatic rings. The first-order valence-electron chi connectivity index (χ1n) is 3.89. The maximum absolute atomic E-state index is 11.0. The first-order valence-corrected chi connectivity index (χ1v) is 3.89. The van der Waals surface area contributed by atoms with Crippen LogP contribution in [0.25, 0.3) is 0 Å². The van der Waals surface area contributed by atoms with Crippen LogP contribution in [-0.4, -0.2) is 5.91 Å². The van der Waals surface area contributed by atoms with Crippen molar-refractivity contribution in [3.8, 4) is 0 Å². The lowest BCUT2D eigenvalue weighted by Crippen LogP contribution is -2.12. The van der Waals surface area contributed by atoms with Crippen LogP contribution in [0.2, 0.25) is 0 Å². The van der Waals surface area contributed by atoms with Gasteiger partial charge < -0.3 is 0 Å². The molecule has 0 N–H and O–H groups in total. The molecule has 1 aliphatic heterocycles. The molecule has 0 saturated heterocycles. The van der Waals surface area contributed by atoms with Crippen LogP contribution in [0.5, 0.6) is 0 Å². The summed E-state index contributed by atoms with van der Waals surface area (Å²) in [5.74, 6) is -0.164. The van der Waals surface area contributed by atoms with E-state index in [0.29, 0.717) is 0 Å². The highest BCUT2D eigenvalue weighted by Gasteiger charge is 2.19. The summed E-state index contributed by atoms with van der Waals surface area (Å²) in [5.41, 5.74) is 1.10. The molecule has 0 aromatic rings. The van der Waals surface area contributed by atoms with E-state index in [1.165, 1.54) is 0 Å². The Balaban J connectivity index is 2.70. The molecule has 3 nitrogen and oxygen atoms in total. The van der Waals surface area contributed by atoms with Crippen LogP contribution in [0.3, 0.4) is 0 Å². The number of carbonyl (C=O) groups excluding carboxylic acids is 1. The van der Waals surface area contributed by atoms with Gasteiger partial charge in [-0.2, -0.15) is 5.11 Å². The number of amides is 1. The molecule has 0 radical (unpaired) electrons. The van der Waals surface area contributed by atoms with Gasteiger partial charge in [0, 0.05) is 6.20 Å². The van der Waals surface area contributed by atoms with Gasteiger partial charge in [-0.25, -0.2) is 0 Å². The van der Waals surface area contributed by atoms with Gasteiger partial charge in [0.2, 0.25) is 0 Å². The van der Waals surface area contributed by atoms with Gasteiger partial charge in [0.15, 0.2) is 0 Å². The molecule has 1 amide bonds. The normalized spacial score (nSPS) is 23.6. The zero-order valence-corrected chi connectivity index (χ0v) is 6.87. The summed E-state index contributed by atoms with van der Waals surface area (Å²) in [7, 11) is 0. The largest absolute Gasteiger partial charge is 0.271 e. The van der Waals surface area contributed by atoms with Crippen molar-refractivity contribution in [3.63, 3.8) is 0 Å². The molecule has 11 heavy (non-hydrogen) atoms. The van der Waals surface area contributed by atoms with Crippen LogP contribution in [0.1, 0.15) is 26.7 Å². The third-order valence-corrected chi connectivity index (χ3v) is 1.85. The smallest absolute Gasteiger partial charge is 0.270 e. The lowest BCUT2D eigenvalue weighted by atomic mass is 9.97. The zero-order valence-electron chi connectivity index (χ0n) is 6.87. The second kappa shape index (κ2) is 3.42. The Morgan fingerprint density at radius 3 is 3.00 bits per heavy atom. The summed E-state index contributed by atoms with van der Waals surface area (Å²) in [4.78, 5) is 11.0. The molecule has 0 bridgehead atoms. The molecule has 0 aliphatic carbocycles. The summed E-state index contributed by atoms with van der Waals surface area (Å²) in [6, 6.07) is 0. The van der Waals surface area contributed by atoms with Gasteiger partial charge in [-0.15, -0.1) is 5.11 Å². The van der Waals surface area contributed by atoms with Crippen molar-refractivity contribution in [2.75, 3.05) is 0 Å². The fraction of sp³-hybridized carbons (Fsp3) is 0.625. The van der Waals surface area contributed by atoms with Gasteiger partial charge >= 0.3 is 0 Å². The number of hydrogen-bond acceptors (Lipinski definition) is 2. The van der Waals surface area contributed by atoms with E-state index in [1.807, 2.05) is 6.92 Å². The summed E-state index contributed by atoms with van der Waals surface area (Å²) in [6.45, 7) is 3.96. The molecule has 0 aromatic carbocycles. The van der Waals surface area contributed by atoms with E-state index in [1.54, 1.807) is 6.20 Å². The lowest BCUT2D eigenvalue weighted by Gasteiger charge is -2.12. The topological polar surface area (TPSA) is 41.8 Å². The highest BCUT2D eigenvalue weighted by atomic mass is 16.1. The summed E-state index contributed by atoms with van der Waals surface area (Å²) in [5, 5.41) is 7.08. The van der Waals surface area contributed by atoms with E-state index in [0.717, 1.165) is 18.4 Å². The molecule has 60 valence electrons. The van der Waals surface area contributed by atoms with E-state index in [4.69, 9.17) is 0 Å². The van der Waals surface area contributed by atoms with Gasteiger partial charge in [0.1, 0.15) is 0 Å². The Morgan fingerprint density at radius 1 is 1.64 bits per heavy atom. The van der Waals surface area contributed by atoms with Crippen LogP contribution in [0.4, 0.5) is 0 Å². The lowest BCUT2D eigenvalue weighted by molar-refractivity contribution is -0.120. The van der Waals surface area contributed by atoms with Crippen LogP contribution in [0.15, 0.2) is 22.0 Å². The van der Waals surface area contributed by atoms with Crippen molar-refractivity contribution in [2.45, 2.75) is 26.7 Å².